The molecule has 0 spiro atoms. The summed E-state index contributed by atoms with van der Waals surface area (Å²) < 4.78 is 6.71. The molecule has 2 saturated carbocycles. The first-order valence-corrected chi connectivity index (χ1v) is 17.2. The number of ether oxygens (including phenoxy) is 1. The number of hydrogen-bond donors (Lipinski definition) is 2. The Balaban J connectivity index is 0.00000484. The summed E-state index contributed by atoms with van der Waals surface area (Å²) in [5, 5.41) is 12.5. The van der Waals surface area contributed by atoms with Crippen molar-refractivity contribution < 1.29 is 38.3 Å². The molecule has 1 amide bonds. The minimum atomic E-state index is -1.00. The van der Waals surface area contributed by atoms with E-state index in [2.05, 4.69) is 11.4 Å². The number of carboxylic acid groups (broad SMARTS) is 1. The van der Waals surface area contributed by atoms with E-state index in [-0.39, 0.29) is 30.9 Å². The Hall–Kier alpha value is -1.71. The van der Waals surface area contributed by atoms with Crippen molar-refractivity contribution in [1.82, 2.24) is 5.32 Å². The second kappa shape index (κ2) is 18.2. The number of aliphatic carboxylic acids is 1. The molecule has 0 saturated heterocycles. The molecule has 2 aliphatic carbocycles. The molecule has 1 atom stereocenters. The Kier molecular flexibility index (Phi) is 15.1. The van der Waals surface area contributed by atoms with Crippen molar-refractivity contribution in [3.8, 4) is 11.1 Å². The minimum Gasteiger partial charge on any atom is -0.480 e. The summed E-state index contributed by atoms with van der Waals surface area (Å²) >= 11 is 1.57. The summed E-state index contributed by atoms with van der Waals surface area (Å²) in [6.07, 6.45) is 18.4. The average molecular weight is 587 g/mol. The quantitative estimate of drug-likeness (QED) is 0.289. The molecule has 0 heterocycles. The zero-order valence-corrected chi connectivity index (χ0v) is 26.9. The molecule has 0 bridgehead atoms. The number of carbonyl (C=O) groups excluding carboxylic acids is 1. The molecule has 4 rings (SSSR count). The summed E-state index contributed by atoms with van der Waals surface area (Å²) in [5.74, 6) is 0.869. The number of amides is 1. The van der Waals surface area contributed by atoms with Gasteiger partial charge in [-0.2, -0.15) is 11.8 Å². The zero-order valence-electron chi connectivity index (χ0n) is 26.0. The molecule has 0 aliphatic heterocycles. The van der Waals surface area contributed by atoms with Gasteiger partial charge in [-0.1, -0.05) is 94.5 Å². The Morgan fingerprint density at radius 1 is 0.929 bits per heavy atom. The van der Waals surface area contributed by atoms with E-state index in [1.54, 1.807) is 11.8 Å². The van der Waals surface area contributed by atoms with Crippen molar-refractivity contribution >= 4 is 23.6 Å². The summed E-state index contributed by atoms with van der Waals surface area (Å²) in [6, 6.07) is 13.0. The molecule has 2 aliphatic rings. The zero-order chi connectivity index (χ0) is 29.0. The molecular weight excluding hydrogens is 537 g/mol. The molecule has 2 aromatic rings. The number of hydrogen-bond acceptors (Lipinski definition) is 4. The number of nitrogens with one attached hydrogen (secondary N) is 1. The van der Waals surface area contributed by atoms with Gasteiger partial charge in [0.1, 0.15) is 6.04 Å². The summed E-state index contributed by atoms with van der Waals surface area (Å²) in [7, 11) is 0. The van der Waals surface area contributed by atoms with Crippen LogP contribution in [0.5, 0.6) is 0 Å². The van der Waals surface area contributed by atoms with Crippen LogP contribution in [0.1, 0.15) is 105 Å². The molecule has 2 fully saturated rings. The third kappa shape index (κ3) is 10.5. The summed E-state index contributed by atoms with van der Waals surface area (Å²) in [4.78, 5) is 25.3. The van der Waals surface area contributed by atoms with Crippen LogP contribution >= 0.6 is 11.8 Å². The van der Waals surface area contributed by atoms with E-state index in [0.29, 0.717) is 24.3 Å². The molecule has 0 aromatic heterocycles. The van der Waals surface area contributed by atoms with Gasteiger partial charge < -0.3 is 15.2 Å². The normalized spacial score (nSPS) is 17.0. The van der Waals surface area contributed by atoms with E-state index in [1.807, 2.05) is 49.6 Å². The monoisotopic (exact) mass is 586 g/mol. The molecular formula is C35H49LiNO4S+. The van der Waals surface area contributed by atoms with Crippen molar-refractivity contribution in [2.75, 3.05) is 12.0 Å². The van der Waals surface area contributed by atoms with Gasteiger partial charge in [-0.05, 0) is 84.4 Å². The van der Waals surface area contributed by atoms with Gasteiger partial charge >= 0.3 is 24.8 Å². The Morgan fingerprint density at radius 2 is 1.55 bits per heavy atom. The van der Waals surface area contributed by atoms with Gasteiger partial charge in [0.05, 0.1) is 12.7 Å². The fraction of sp³-hybridized carbons (Fsp3) is 0.600. The Labute approximate surface area is 269 Å². The second-order valence-corrected chi connectivity index (χ2v) is 13.2. The summed E-state index contributed by atoms with van der Waals surface area (Å²) in [6.45, 7) is 2.57. The van der Waals surface area contributed by atoms with Crippen molar-refractivity contribution in [2.45, 2.75) is 109 Å². The number of carboxylic acids is 1. The van der Waals surface area contributed by atoms with Gasteiger partial charge in [-0.15, -0.1) is 0 Å². The predicted octanol–water partition coefficient (Wildman–Crippen LogP) is 5.43. The number of thioether (sulfide) groups is 1. The van der Waals surface area contributed by atoms with Crippen LogP contribution in [-0.2, 0) is 16.1 Å². The Bertz CT molecular complexity index is 1110. The van der Waals surface area contributed by atoms with Crippen LogP contribution in [0, 0.1) is 18.8 Å². The molecule has 5 nitrogen and oxygen atoms in total. The fourth-order valence-electron chi connectivity index (χ4n) is 6.74. The minimum absolute atomic E-state index is 0. The number of aryl methyl sites for hydroxylation is 1. The van der Waals surface area contributed by atoms with Gasteiger partial charge in [-0.3, -0.25) is 4.79 Å². The van der Waals surface area contributed by atoms with Crippen molar-refractivity contribution in [1.29, 1.82) is 0 Å². The van der Waals surface area contributed by atoms with Crippen LogP contribution in [-0.4, -0.2) is 41.1 Å². The first-order chi connectivity index (χ1) is 19.9. The largest absolute Gasteiger partial charge is 1.00 e. The maximum Gasteiger partial charge on any atom is 1.00 e. The predicted molar refractivity (Wildman–Crippen MR) is 169 cm³/mol. The van der Waals surface area contributed by atoms with Gasteiger partial charge in [0, 0.05) is 5.56 Å². The second-order valence-electron chi connectivity index (χ2n) is 12.3. The first-order valence-electron chi connectivity index (χ1n) is 15.8. The van der Waals surface area contributed by atoms with Gasteiger partial charge in [0.15, 0.2) is 0 Å². The van der Waals surface area contributed by atoms with E-state index in [1.165, 1.54) is 64.2 Å². The van der Waals surface area contributed by atoms with Gasteiger partial charge in [0.25, 0.3) is 5.91 Å². The van der Waals surface area contributed by atoms with Crippen LogP contribution in [0.2, 0.25) is 0 Å². The standard InChI is InChI=1S/C35H49NO4S.Li/c1-25-11-9-10-16-30(25)32-23-28(17-18-31(32)34(37)36-33(35(38)39)19-20-41-2)24-40-29(21-26-12-5-3-6-13-26)22-27-14-7-4-8-15-27;/h9-11,16-18,23,26-27,29,33H,3-8,12-15,19-22,24H2,1-2H3,(H,36,37)(H,38,39);/q;+1. The number of rotatable bonds is 14. The molecule has 2 aromatic carbocycles. The van der Waals surface area contributed by atoms with Gasteiger partial charge in [-0.25, -0.2) is 4.79 Å². The van der Waals surface area contributed by atoms with Crippen LogP contribution in [0.3, 0.4) is 0 Å². The number of benzene rings is 2. The smallest absolute Gasteiger partial charge is 0.480 e. The Morgan fingerprint density at radius 3 is 2.12 bits per heavy atom. The maximum absolute atomic E-state index is 13.4. The molecule has 7 heteroatoms. The molecule has 2 N–H and O–H groups in total. The summed E-state index contributed by atoms with van der Waals surface area (Å²) in [5.41, 5.74) is 4.43. The van der Waals surface area contributed by atoms with Crippen molar-refractivity contribution in [3.05, 3.63) is 59.2 Å². The molecule has 0 radical (unpaired) electrons. The van der Waals surface area contributed by atoms with Crippen LogP contribution in [0.25, 0.3) is 11.1 Å². The SMILES string of the molecule is CSCCC(NC(=O)c1ccc(COC(CC2CCCCC2)CC2CCCCC2)cc1-c1ccccc1C)C(=O)O.[Li+]. The third-order valence-corrected chi connectivity index (χ3v) is 9.75. The molecule has 1 unspecified atom stereocenters. The van der Waals surface area contributed by atoms with E-state index < -0.39 is 12.0 Å². The average Bonchev–Trinajstić information content (AvgIpc) is 2.99. The van der Waals surface area contributed by atoms with E-state index in [0.717, 1.165) is 46.9 Å². The van der Waals surface area contributed by atoms with Gasteiger partial charge in [0.2, 0.25) is 0 Å². The maximum atomic E-state index is 13.4. The molecule has 224 valence electrons. The third-order valence-electron chi connectivity index (χ3n) is 9.11. The topological polar surface area (TPSA) is 75.6 Å². The van der Waals surface area contributed by atoms with Crippen molar-refractivity contribution in [2.24, 2.45) is 11.8 Å². The van der Waals surface area contributed by atoms with E-state index in [4.69, 9.17) is 4.74 Å². The van der Waals surface area contributed by atoms with Crippen molar-refractivity contribution in [3.63, 3.8) is 0 Å². The fourth-order valence-corrected chi connectivity index (χ4v) is 7.21. The molecule has 42 heavy (non-hydrogen) atoms. The van der Waals surface area contributed by atoms with Crippen LogP contribution < -0.4 is 24.2 Å². The van der Waals surface area contributed by atoms with E-state index >= 15 is 0 Å². The van der Waals surface area contributed by atoms with E-state index in [9.17, 15) is 14.7 Å². The van der Waals surface area contributed by atoms with Crippen LogP contribution in [0.4, 0.5) is 0 Å². The number of carbonyl (C=O) groups is 2. The first kappa shape index (κ1) is 34.8. The van der Waals surface area contributed by atoms with Crippen LogP contribution in [0.15, 0.2) is 42.5 Å².